The SMILES string of the molecule is O=S1(=O)CCN2C=CC=C(Oc3ccc4c(c3)OC(F)(F)C(F)(F)O4)C2=N1. The minimum atomic E-state index is -4.86. The van der Waals surface area contributed by atoms with Gasteiger partial charge in [0.05, 0.1) is 5.75 Å². The van der Waals surface area contributed by atoms with E-state index in [1.165, 1.54) is 12.1 Å². The van der Waals surface area contributed by atoms with E-state index in [1.54, 1.807) is 17.2 Å². The van der Waals surface area contributed by atoms with Gasteiger partial charge < -0.3 is 19.1 Å². The number of halogens is 4. The van der Waals surface area contributed by atoms with Crippen molar-refractivity contribution in [1.29, 1.82) is 0 Å². The lowest BCUT2D eigenvalue weighted by Crippen LogP contribution is -2.52. The Kier molecular flexibility index (Phi) is 3.67. The van der Waals surface area contributed by atoms with Crippen LogP contribution in [0.5, 0.6) is 17.2 Å². The van der Waals surface area contributed by atoms with Gasteiger partial charge >= 0.3 is 12.2 Å². The van der Waals surface area contributed by atoms with Crippen molar-refractivity contribution in [2.24, 2.45) is 4.40 Å². The molecular formula is C15H10F4N2O5S. The zero-order valence-electron chi connectivity index (χ0n) is 13.2. The molecule has 144 valence electrons. The van der Waals surface area contributed by atoms with E-state index in [4.69, 9.17) is 4.74 Å². The Morgan fingerprint density at radius 3 is 2.56 bits per heavy atom. The summed E-state index contributed by atoms with van der Waals surface area (Å²) in [6.45, 7) is 0.167. The topological polar surface area (TPSA) is 77.4 Å². The van der Waals surface area contributed by atoms with E-state index in [0.717, 1.165) is 12.1 Å². The Balaban J connectivity index is 1.64. The Morgan fingerprint density at radius 2 is 1.81 bits per heavy atom. The first-order chi connectivity index (χ1) is 12.6. The number of amidine groups is 1. The highest BCUT2D eigenvalue weighted by Crippen LogP contribution is 2.48. The molecule has 0 aromatic heterocycles. The quantitative estimate of drug-likeness (QED) is 0.703. The molecular weight excluding hydrogens is 396 g/mol. The van der Waals surface area contributed by atoms with E-state index in [-0.39, 0.29) is 29.6 Å². The summed E-state index contributed by atoms with van der Waals surface area (Å²) >= 11 is 0. The second-order valence-corrected chi connectivity index (χ2v) is 7.47. The van der Waals surface area contributed by atoms with Crippen LogP contribution in [0.4, 0.5) is 17.6 Å². The fourth-order valence-corrected chi connectivity index (χ4v) is 3.48. The zero-order chi connectivity index (χ0) is 19.4. The van der Waals surface area contributed by atoms with Crippen LogP contribution in [0.15, 0.2) is 46.7 Å². The standard InChI is InChI=1S/C15H10F4N2O5S/c16-14(17)15(18,19)26-12-8-9(3-4-10(12)25-14)24-11-2-1-5-21-6-7-27(22,23)20-13(11)21/h1-5,8H,6-7H2. The van der Waals surface area contributed by atoms with Crippen molar-refractivity contribution in [2.45, 2.75) is 12.2 Å². The van der Waals surface area contributed by atoms with Gasteiger partial charge in [-0.2, -0.15) is 17.6 Å². The van der Waals surface area contributed by atoms with Gasteiger partial charge in [-0.3, -0.25) is 0 Å². The summed E-state index contributed by atoms with van der Waals surface area (Å²) in [5.41, 5.74) is 0. The number of hydrogen-bond donors (Lipinski definition) is 0. The second kappa shape index (κ2) is 5.62. The third-order valence-electron chi connectivity index (χ3n) is 3.78. The summed E-state index contributed by atoms with van der Waals surface area (Å²) in [7, 11) is -3.66. The Hall–Kier alpha value is -2.76. The molecule has 1 aromatic carbocycles. The number of benzene rings is 1. The maximum Gasteiger partial charge on any atom is 0.507 e. The lowest BCUT2D eigenvalue weighted by molar-refractivity contribution is -0.391. The summed E-state index contributed by atoms with van der Waals surface area (Å²) in [5, 5.41) is 0. The van der Waals surface area contributed by atoms with E-state index < -0.39 is 33.7 Å². The van der Waals surface area contributed by atoms with Crippen molar-refractivity contribution >= 4 is 15.9 Å². The van der Waals surface area contributed by atoms with Crippen LogP contribution in [0, 0.1) is 0 Å². The van der Waals surface area contributed by atoms with Crippen molar-refractivity contribution in [3.63, 3.8) is 0 Å². The molecule has 3 aliphatic heterocycles. The number of allylic oxidation sites excluding steroid dienone is 2. The van der Waals surface area contributed by atoms with Gasteiger partial charge in [-0.05, 0) is 24.3 Å². The molecule has 0 amide bonds. The molecule has 0 atom stereocenters. The predicted molar refractivity (Wildman–Crippen MR) is 83.4 cm³/mol. The molecule has 0 spiro atoms. The third kappa shape index (κ3) is 3.09. The molecule has 0 aliphatic carbocycles. The van der Waals surface area contributed by atoms with Crippen LogP contribution < -0.4 is 14.2 Å². The average Bonchev–Trinajstić information content (AvgIpc) is 2.56. The molecule has 0 saturated heterocycles. The van der Waals surface area contributed by atoms with E-state index in [9.17, 15) is 26.0 Å². The summed E-state index contributed by atoms with van der Waals surface area (Å²) < 4.78 is 93.6. The lowest BCUT2D eigenvalue weighted by Gasteiger charge is -2.32. The van der Waals surface area contributed by atoms with Gasteiger partial charge in [0.15, 0.2) is 23.1 Å². The van der Waals surface area contributed by atoms with E-state index >= 15 is 0 Å². The van der Waals surface area contributed by atoms with Crippen LogP contribution in [0.3, 0.4) is 0 Å². The molecule has 0 radical (unpaired) electrons. The minimum Gasteiger partial charge on any atom is -0.453 e. The summed E-state index contributed by atoms with van der Waals surface area (Å²) in [5.74, 6) is -1.41. The molecule has 0 fully saturated rings. The fourth-order valence-electron chi connectivity index (χ4n) is 2.51. The first-order valence-electron chi connectivity index (χ1n) is 7.50. The molecule has 0 bridgehead atoms. The Labute approximate surface area is 150 Å². The maximum absolute atomic E-state index is 13.3. The first kappa shape index (κ1) is 17.6. The third-order valence-corrected chi connectivity index (χ3v) is 4.93. The van der Waals surface area contributed by atoms with Gasteiger partial charge in [0.2, 0.25) is 0 Å². The molecule has 4 rings (SSSR count). The van der Waals surface area contributed by atoms with E-state index in [2.05, 4.69) is 13.9 Å². The molecule has 0 saturated carbocycles. The van der Waals surface area contributed by atoms with Crippen molar-refractivity contribution < 1.29 is 40.2 Å². The van der Waals surface area contributed by atoms with Crippen molar-refractivity contribution in [1.82, 2.24) is 4.90 Å². The van der Waals surface area contributed by atoms with E-state index in [0.29, 0.717) is 0 Å². The zero-order valence-corrected chi connectivity index (χ0v) is 14.1. The van der Waals surface area contributed by atoms with Crippen LogP contribution in [-0.2, 0) is 10.0 Å². The highest BCUT2D eigenvalue weighted by atomic mass is 32.2. The normalized spacial score (nSPS) is 23.8. The predicted octanol–water partition coefficient (Wildman–Crippen LogP) is 2.48. The highest BCUT2D eigenvalue weighted by Gasteiger charge is 2.66. The molecule has 3 heterocycles. The smallest absolute Gasteiger partial charge is 0.453 e. The first-order valence-corrected chi connectivity index (χ1v) is 9.11. The average molecular weight is 406 g/mol. The molecule has 0 unspecified atom stereocenters. The molecule has 0 N–H and O–H groups in total. The van der Waals surface area contributed by atoms with Crippen molar-refractivity contribution in [2.75, 3.05) is 12.3 Å². The van der Waals surface area contributed by atoms with Crippen LogP contribution in [0.25, 0.3) is 0 Å². The van der Waals surface area contributed by atoms with Crippen molar-refractivity contribution in [3.05, 3.63) is 42.3 Å². The van der Waals surface area contributed by atoms with Crippen molar-refractivity contribution in [3.8, 4) is 17.2 Å². The van der Waals surface area contributed by atoms with Crippen LogP contribution >= 0.6 is 0 Å². The van der Waals surface area contributed by atoms with Gasteiger partial charge in [0, 0.05) is 18.8 Å². The molecule has 1 aromatic rings. The van der Waals surface area contributed by atoms with Gasteiger partial charge in [0.25, 0.3) is 10.0 Å². The number of nitrogens with zero attached hydrogens (tertiary/aromatic N) is 2. The molecule has 7 nitrogen and oxygen atoms in total. The molecule has 3 aliphatic rings. The molecule has 27 heavy (non-hydrogen) atoms. The number of rotatable bonds is 2. The van der Waals surface area contributed by atoms with Gasteiger partial charge in [-0.25, -0.2) is 8.42 Å². The fraction of sp³-hybridized carbons (Fsp3) is 0.267. The number of ether oxygens (including phenoxy) is 3. The van der Waals surface area contributed by atoms with Crippen LogP contribution in [0.2, 0.25) is 0 Å². The molecule has 12 heteroatoms. The Bertz CT molecular complexity index is 1000. The number of sulfonamides is 1. The summed E-state index contributed by atoms with van der Waals surface area (Å²) in [4.78, 5) is 1.54. The lowest BCUT2D eigenvalue weighted by atomic mass is 10.2. The van der Waals surface area contributed by atoms with Gasteiger partial charge in [-0.15, -0.1) is 4.40 Å². The minimum absolute atomic E-state index is 0.0236. The maximum atomic E-state index is 13.3. The monoisotopic (exact) mass is 406 g/mol. The van der Waals surface area contributed by atoms with E-state index in [1.807, 2.05) is 0 Å². The van der Waals surface area contributed by atoms with Gasteiger partial charge in [0.1, 0.15) is 5.75 Å². The largest absolute Gasteiger partial charge is 0.507 e. The Morgan fingerprint density at radius 1 is 1.11 bits per heavy atom. The van der Waals surface area contributed by atoms with Gasteiger partial charge in [-0.1, -0.05) is 0 Å². The number of hydrogen-bond acceptors (Lipinski definition) is 6. The number of fused-ring (bicyclic) bond motifs is 2. The second-order valence-electron chi connectivity index (χ2n) is 5.72. The van der Waals surface area contributed by atoms with Crippen LogP contribution in [0.1, 0.15) is 0 Å². The summed E-state index contributed by atoms with van der Waals surface area (Å²) in [6, 6.07) is 3.09. The summed E-state index contributed by atoms with van der Waals surface area (Å²) in [6.07, 6.45) is -5.06. The highest BCUT2D eigenvalue weighted by molar-refractivity contribution is 7.90. The number of alkyl halides is 4. The van der Waals surface area contributed by atoms with Crippen LogP contribution in [-0.4, -0.2) is 43.7 Å².